The van der Waals surface area contributed by atoms with Gasteiger partial charge < -0.3 is 14.9 Å². The Morgan fingerprint density at radius 1 is 1.39 bits per heavy atom. The summed E-state index contributed by atoms with van der Waals surface area (Å²) in [5.41, 5.74) is 2.25. The van der Waals surface area contributed by atoms with Crippen LogP contribution in [0.5, 0.6) is 0 Å². The number of para-hydroxylation sites is 1. The second-order valence-corrected chi connectivity index (χ2v) is 5.49. The van der Waals surface area contributed by atoms with Crippen LogP contribution in [0.2, 0.25) is 0 Å². The zero-order chi connectivity index (χ0) is 13.1. The molecule has 3 nitrogen and oxygen atoms in total. The van der Waals surface area contributed by atoms with Crippen LogP contribution in [0.15, 0.2) is 24.3 Å². The summed E-state index contributed by atoms with van der Waals surface area (Å²) in [6.45, 7) is 4.02. The number of rotatable bonds is 4. The molecule has 1 heterocycles. The fourth-order valence-corrected chi connectivity index (χ4v) is 2.87. The van der Waals surface area contributed by atoms with Gasteiger partial charge in [-0.3, -0.25) is 0 Å². The van der Waals surface area contributed by atoms with Gasteiger partial charge in [-0.25, -0.2) is 0 Å². The van der Waals surface area contributed by atoms with Gasteiger partial charge >= 0.3 is 0 Å². The van der Waals surface area contributed by atoms with Gasteiger partial charge in [0, 0.05) is 30.4 Å². The van der Waals surface area contributed by atoms with E-state index in [-0.39, 0.29) is 0 Å². The lowest BCUT2D eigenvalue weighted by Crippen LogP contribution is -2.38. The summed E-state index contributed by atoms with van der Waals surface area (Å²) in [6, 6.07) is 8.80. The second-order valence-electron chi connectivity index (χ2n) is 5.49. The first-order valence-electron chi connectivity index (χ1n) is 6.78. The van der Waals surface area contributed by atoms with Gasteiger partial charge in [0.05, 0.1) is 6.10 Å². The summed E-state index contributed by atoms with van der Waals surface area (Å²) in [5.74, 6) is 0. The summed E-state index contributed by atoms with van der Waals surface area (Å²) < 4.78 is 0. The minimum absolute atomic E-state index is 0.401. The number of nitrogens with zero attached hydrogens (tertiary/aromatic N) is 2. The lowest BCUT2D eigenvalue weighted by atomic mass is 10.1. The highest BCUT2D eigenvalue weighted by Crippen LogP contribution is 2.31. The summed E-state index contributed by atoms with van der Waals surface area (Å²) in [7, 11) is 4.24. The Bertz CT molecular complexity index is 390. The first-order chi connectivity index (χ1) is 8.59. The first-order valence-corrected chi connectivity index (χ1v) is 6.78. The Hall–Kier alpha value is -1.06. The van der Waals surface area contributed by atoms with Crippen LogP contribution in [0.3, 0.4) is 0 Å². The normalized spacial score (nSPS) is 21.6. The Balaban J connectivity index is 2.24. The highest BCUT2D eigenvalue weighted by Gasteiger charge is 2.27. The van der Waals surface area contributed by atoms with Gasteiger partial charge in [-0.15, -0.1) is 0 Å². The molecule has 3 heteroatoms. The van der Waals surface area contributed by atoms with Crippen molar-refractivity contribution in [1.29, 1.82) is 0 Å². The molecule has 1 aliphatic heterocycles. The maximum absolute atomic E-state index is 9.90. The number of anilines is 1. The quantitative estimate of drug-likeness (QED) is 0.885. The number of aliphatic hydroxyl groups is 1. The van der Waals surface area contributed by atoms with E-state index in [9.17, 15) is 5.11 Å². The monoisotopic (exact) mass is 248 g/mol. The zero-order valence-electron chi connectivity index (χ0n) is 11.6. The van der Waals surface area contributed by atoms with Crippen LogP contribution in [0.25, 0.3) is 0 Å². The molecule has 2 atom stereocenters. The standard InChI is InChI=1S/C15H24N2O/c1-12(18)14-8-4-5-9-15(14)17-10-6-7-13(17)11-16(2)3/h4-5,8-9,12-13,18H,6-7,10-11H2,1-3H3/t12-,13?/m0/s1. The molecule has 0 aromatic heterocycles. The van der Waals surface area contributed by atoms with E-state index in [4.69, 9.17) is 0 Å². The van der Waals surface area contributed by atoms with Crippen molar-refractivity contribution < 1.29 is 5.11 Å². The van der Waals surface area contributed by atoms with E-state index in [0.717, 1.165) is 18.7 Å². The molecule has 1 aliphatic rings. The van der Waals surface area contributed by atoms with Crippen LogP contribution in [-0.2, 0) is 0 Å². The molecule has 0 aliphatic carbocycles. The number of hydrogen-bond donors (Lipinski definition) is 1. The Morgan fingerprint density at radius 3 is 2.78 bits per heavy atom. The molecule has 0 spiro atoms. The van der Waals surface area contributed by atoms with Gasteiger partial charge in [0.15, 0.2) is 0 Å². The molecule has 1 unspecified atom stereocenters. The average Bonchev–Trinajstić information content (AvgIpc) is 2.76. The molecule has 1 aromatic rings. The number of benzene rings is 1. The zero-order valence-corrected chi connectivity index (χ0v) is 11.6. The topological polar surface area (TPSA) is 26.7 Å². The maximum atomic E-state index is 9.90. The minimum atomic E-state index is -0.401. The fourth-order valence-electron chi connectivity index (χ4n) is 2.87. The van der Waals surface area contributed by atoms with Gasteiger partial charge in [-0.1, -0.05) is 18.2 Å². The highest BCUT2D eigenvalue weighted by molar-refractivity contribution is 5.56. The molecule has 18 heavy (non-hydrogen) atoms. The number of aliphatic hydroxyl groups excluding tert-OH is 1. The van der Waals surface area contributed by atoms with Crippen molar-refractivity contribution in [1.82, 2.24) is 4.90 Å². The first kappa shape index (κ1) is 13.4. The Kier molecular flexibility index (Phi) is 4.25. The van der Waals surface area contributed by atoms with E-state index in [2.05, 4.69) is 36.0 Å². The maximum Gasteiger partial charge on any atom is 0.0781 e. The average molecular weight is 248 g/mol. The van der Waals surface area contributed by atoms with Crippen LogP contribution in [0.4, 0.5) is 5.69 Å². The summed E-state index contributed by atoms with van der Waals surface area (Å²) in [5, 5.41) is 9.90. The number of likely N-dealkylation sites (N-methyl/N-ethyl adjacent to an activating group) is 1. The molecule has 100 valence electrons. The van der Waals surface area contributed by atoms with Gasteiger partial charge in [-0.05, 0) is 39.9 Å². The van der Waals surface area contributed by atoms with Gasteiger partial charge in [0.2, 0.25) is 0 Å². The van der Waals surface area contributed by atoms with Crippen molar-refractivity contribution in [2.45, 2.75) is 31.9 Å². The minimum Gasteiger partial charge on any atom is -0.389 e. The van der Waals surface area contributed by atoms with Gasteiger partial charge in [0.1, 0.15) is 0 Å². The third kappa shape index (κ3) is 2.85. The fraction of sp³-hybridized carbons (Fsp3) is 0.600. The lowest BCUT2D eigenvalue weighted by Gasteiger charge is -2.31. The van der Waals surface area contributed by atoms with Crippen molar-refractivity contribution in [2.24, 2.45) is 0 Å². The lowest BCUT2D eigenvalue weighted by molar-refractivity contribution is 0.199. The van der Waals surface area contributed by atoms with Gasteiger partial charge in [0.25, 0.3) is 0 Å². The van der Waals surface area contributed by atoms with E-state index in [0.29, 0.717) is 6.04 Å². The van der Waals surface area contributed by atoms with Crippen molar-refractivity contribution in [3.8, 4) is 0 Å². The van der Waals surface area contributed by atoms with Crippen LogP contribution >= 0.6 is 0 Å². The molecule has 0 amide bonds. The highest BCUT2D eigenvalue weighted by atomic mass is 16.3. The molecule has 0 bridgehead atoms. The van der Waals surface area contributed by atoms with Crippen molar-refractivity contribution in [3.63, 3.8) is 0 Å². The molecule has 1 aromatic carbocycles. The van der Waals surface area contributed by atoms with Crippen molar-refractivity contribution in [2.75, 3.05) is 32.1 Å². The van der Waals surface area contributed by atoms with E-state index < -0.39 is 6.10 Å². The predicted molar refractivity (Wildman–Crippen MR) is 76.0 cm³/mol. The summed E-state index contributed by atoms with van der Waals surface area (Å²) in [6.07, 6.45) is 2.08. The van der Waals surface area contributed by atoms with Crippen LogP contribution in [0, 0.1) is 0 Å². The molecule has 1 fully saturated rings. The van der Waals surface area contributed by atoms with Crippen molar-refractivity contribution in [3.05, 3.63) is 29.8 Å². The molecule has 0 radical (unpaired) electrons. The van der Waals surface area contributed by atoms with Gasteiger partial charge in [-0.2, -0.15) is 0 Å². The summed E-state index contributed by atoms with van der Waals surface area (Å²) >= 11 is 0. The molecule has 1 N–H and O–H groups in total. The largest absolute Gasteiger partial charge is 0.389 e. The van der Waals surface area contributed by atoms with E-state index in [1.807, 2.05) is 19.1 Å². The third-order valence-electron chi connectivity index (χ3n) is 3.65. The third-order valence-corrected chi connectivity index (χ3v) is 3.65. The molecule has 0 saturated carbocycles. The van der Waals surface area contributed by atoms with Crippen LogP contribution in [-0.4, -0.2) is 43.2 Å². The van der Waals surface area contributed by atoms with E-state index in [1.54, 1.807) is 0 Å². The van der Waals surface area contributed by atoms with E-state index >= 15 is 0 Å². The molecule has 1 saturated heterocycles. The summed E-state index contributed by atoms with van der Waals surface area (Å²) in [4.78, 5) is 4.70. The molecular formula is C15H24N2O. The Morgan fingerprint density at radius 2 is 2.11 bits per heavy atom. The van der Waals surface area contributed by atoms with Crippen molar-refractivity contribution >= 4 is 5.69 Å². The predicted octanol–water partition coefficient (Wildman–Crippen LogP) is 2.27. The smallest absolute Gasteiger partial charge is 0.0781 e. The van der Waals surface area contributed by atoms with Crippen LogP contribution < -0.4 is 4.90 Å². The second kappa shape index (κ2) is 5.72. The molecule has 2 rings (SSSR count). The van der Waals surface area contributed by atoms with E-state index in [1.165, 1.54) is 18.5 Å². The Labute approximate surface area is 110 Å². The number of hydrogen-bond acceptors (Lipinski definition) is 3. The van der Waals surface area contributed by atoms with Crippen LogP contribution in [0.1, 0.15) is 31.4 Å². The molecular weight excluding hydrogens is 224 g/mol. The SMILES string of the molecule is C[C@H](O)c1ccccc1N1CCCC1CN(C)C.